The molecule has 2 rings (SSSR count). The summed E-state index contributed by atoms with van der Waals surface area (Å²) in [6.45, 7) is 9.49. The lowest BCUT2D eigenvalue weighted by Crippen LogP contribution is -2.52. The van der Waals surface area contributed by atoms with Crippen molar-refractivity contribution in [2.24, 2.45) is 0 Å². The van der Waals surface area contributed by atoms with Gasteiger partial charge in [-0.1, -0.05) is 47.0 Å². The largest absolute Gasteiger partial charge is 0.350 e. The summed E-state index contributed by atoms with van der Waals surface area (Å²) in [5, 5.41) is 3.67. The number of anilines is 1. The van der Waals surface area contributed by atoms with E-state index in [1.54, 1.807) is 37.3 Å². The number of amides is 2. The van der Waals surface area contributed by atoms with Crippen LogP contribution >= 0.6 is 23.2 Å². The lowest BCUT2D eigenvalue weighted by atomic mass is 10.1. The van der Waals surface area contributed by atoms with Crippen LogP contribution in [0.3, 0.4) is 0 Å². The molecule has 0 aliphatic heterocycles. The molecule has 0 saturated carbocycles. The Labute approximate surface area is 224 Å². The fourth-order valence-corrected chi connectivity index (χ4v) is 4.89. The minimum atomic E-state index is -3.54. The molecule has 0 radical (unpaired) electrons. The number of aryl methyl sites for hydroxylation is 1. The van der Waals surface area contributed by atoms with E-state index < -0.39 is 21.6 Å². The maximum Gasteiger partial charge on any atom is 0.242 e. The number of nitrogens with zero attached hydrogens (tertiary/aromatic N) is 2. The van der Waals surface area contributed by atoms with Gasteiger partial charge in [0.05, 0.1) is 22.0 Å². The van der Waals surface area contributed by atoms with E-state index >= 15 is 0 Å². The molecule has 36 heavy (non-hydrogen) atoms. The van der Waals surface area contributed by atoms with Gasteiger partial charge >= 0.3 is 0 Å². The van der Waals surface area contributed by atoms with Crippen molar-refractivity contribution in [2.75, 3.05) is 17.1 Å². The third-order valence-corrected chi connectivity index (χ3v) is 7.41. The highest BCUT2D eigenvalue weighted by Crippen LogP contribution is 2.24. The Hall–Kier alpha value is -2.29. The second-order valence-corrected chi connectivity index (χ2v) is 12.7. The number of hydrogen-bond donors (Lipinski definition) is 1. The fraction of sp³-hybridized carbons (Fsp3) is 0.462. The number of halogens is 2. The molecule has 7 nitrogen and oxygen atoms in total. The summed E-state index contributed by atoms with van der Waals surface area (Å²) in [4.78, 5) is 27.7. The Balaban J connectivity index is 2.21. The zero-order chi connectivity index (χ0) is 27.3. The molecule has 1 atom stereocenters. The van der Waals surface area contributed by atoms with E-state index in [2.05, 4.69) is 5.32 Å². The average Bonchev–Trinajstić information content (AvgIpc) is 2.75. The van der Waals surface area contributed by atoms with Gasteiger partial charge in [0.1, 0.15) is 6.04 Å². The molecule has 0 aromatic heterocycles. The SMILES string of the molecule is Cc1ccc(N(CCCC(=O)N(Cc2ccc(Cl)c(Cl)c2)[C@@H](C)C(=O)NC(C)(C)C)S(C)(=O)=O)cc1. The van der Waals surface area contributed by atoms with E-state index in [4.69, 9.17) is 23.2 Å². The number of benzene rings is 2. The second kappa shape index (κ2) is 12.3. The molecule has 0 saturated heterocycles. The molecular weight excluding hydrogens is 521 g/mol. The standard InChI is InChI=1S/C26H35Cl2N3O4S/c1-18-9-12-21(13-10-18)31(36(6,34)35)15-7-8-24(32)30(19(2)25(33)29-26(3,4)5)17-20-11-14-22(27)23(28)16-20/h9-14,16,19H,7-8,15,17H2,1-6H3,(H,29,33)/t19-/m0/s1. The summed E-state index contributed by atoms with van der Waals surface area (Å²) in [6.07, 6.45) is 1.49. The summed E-state index contributed by atoms with van der Waals surface area (Å²) in [5.41, 5.74) is 1.82. The number of hydrogen-bond acceptors (Lipinski definition) is 4. The molecule has 0 bridgehead atoms. The lowest BCUT2D eigenvalue weighted by molar-refractivity contribution is -0.141. The maximum atomic E-state index is 13.3. The topological polar surface area (TPSA) is 86.8 Å². The van der Waals surface area contributed by atoms with Crippen LogP contribution < -0.4 is 9.62 Å². The second-order valence-electron chi connectivity index (χ2n) is 9.96. The predicted molar refractivity (Wildman–Crippen MR) is 147 cm³/mol. The zero-order valence-corrected chi connectivity index (χ0v) is 24.0. The molecule has 0 aliphatic carbocycles. The summed E-state index contributed by atoms with van der Waals surface area (Å²) < 4.78 is 26.1. The van der Waals surface area contributed by atoms with Crippen molar-refractivity contribution in [3.05, 3.63) is 63.6 Å². The van der Waals surface area contributed by atoms with E-state index in [1.165, 1.54) is 9.21 Å². The minimum absolute atomic E-state index is 0.0618. The van der Waals surface area contributed by atoms with Crippen LogP contribution in [0, 0.1) is 6.92 Å². The van der Waals surface area contributed by atoms with Crippen LogP contribution in [0.2, 0.25) is 10.0 Å². The molecule has 10 heteroatoms. The van der Waals surface area contributed by atoms with E-state index in [-0.39, 0.29) is 37.7 Å². The molecule has 0 unspecified atom stereocenters. The molecule has 1 N–H and O–H groups in total. The van der Waals surface area contributed by atoms with Crippen LogP contribution in [0.1, 0.15) is 51.7 Å². The molecular formula is C26H35Cl2N3O4S. The molecule has 0 fully saturated rings. The molecule has 0 heterocycles. The van der Waals surface area contributed by atoms with Crippen LogP contribution in [0.15, 0.2) is 42.5 Å². The summed E-state index contributed by atoms with van der Waals surface area (Å²) >= 11 is 12.2. The van der Waals surface area contributed by atoms with Gasteiger partial charge in [-0.15, -0.1) is 0 Å². The number of carbonyl (C=O) groups is 2. The highest BCUT2D eigenvalue weighted by molar-refractivity contribution is 7.92. The highest BCUT2D eigenvalue weighted by atomic mass is 35.5. The first kappa shape index (κ1) is 29.9. The van der Waals surface area contributed by atoms with Crippen LogP contribution in [-0.4, -0.2) is 49.5 Å². The van der Waals surface area contributed by atoms with Gasteiger partial charge in [0.2, 0.25) is 21.8 Å². The normalized spacial score (nSPS) is 12.7. The zero-order valence-electron chi connectivity index (χ0n) is 21.6. The number of carbonyl (C=O) groups excluding carboxylic acids is 2. The molecule has 2 amide bonds. The average molecular weight is 557 g/mol. The van der Waals surface area contributed by atoms with Crippen molar-refractivity contribution in [1.29, 1.82) is 0 Å². The van der Waals surface area contributed by atoms with Crippen LogP contribution in [-0.2, 0) is 26.2 Å². The van der Waals surface area contributed by atoms with Crippen molar-refractivity contribution in [3.8, 4) is 0 Å². The van der Waals surface area contributed by atoms with Gasteiger partial charge in [-0.05, 0) is 70.9 Å². The van der Waals surface area contributed by atoms with Gasteiger partial charge < -0.3 is 10.2 Å². The van der Waals surface area contributed by atoms with Crippen LogP contribution in [0.4, 0.5) is 5.69 Å². The summed E-state index contributed by atoms with van der Waals surface area (Å²) in [6, 6.07) is 11.5. The van der Waals surface area contributed by atoms with E-state index in [1.807, 2.05) is 39.8 Å². The molecule has 0 aliphatic rings. The lowest BCUT2D eigenvalue weighted by Gasteiger charge is -2.32. The highest BCUT2D eigenvalue weighted by Gasteiger charge is 2.28. The summed E-state index contributed by atoms with van der Waals surface area (Å²) in [7, 11) is -3.54. The third kappa shape index (κ3) is 8.98. The quantitative estimate of drug-likeness (QED) is 0.437. The smallest absolute Gasteiger partial charge is 0.242 e. The summed E-state index contributed by atoms with van der Waals surface area (Å²) in [5.74, 6) is -0.552. The first-order valence-corrected chi connectivity index (χ1v) is 14.3. The van der Waals surface area contributed by atoms with Crippen molar-refractivity contribution in [1.82, 2.24) is 10.2 Å². The van der Waals surface area contributed by atoms with Crippen molar-refractivity contribution in [2.45, 2.75) is 65.6 Å². The van der Waals surface area contributed by atoms with Gasteiger partial charge in [0.25, 0.3) is 0 Å². The van der Waals surface area contributed by atoms with E-state index in [0.717, 1.165) is 17.4 Å². The minimum Gasteiger partial charge on any atom is -0.350 e. The van der Waals surface area contributed by atoms with E-state index in [0.29, 0.717) is 15.7 Å². The maximum absolute atomic E-state index is 13.3. The van der Waals surface area contributed by atoms with Gasteiger partial charge in [0, 0.05) is 25.0 Å². The molecule has 198 valence electrons. The third-order valence-electron chi connectivity index (χ3n) is 5.48. The predicted octanol–water partition coefficient (Wildman–Crippen LogP) is 5.18. The van der Waals surface area contributed by atoms with Crippen molar-refractivity contribution >= 4 is 50.7 Å². The first-order valence-electron chi connectivity index (χ1n) is 11.7. The fourth-order valence-electron chi connectivity index (χ4n) is 3.61. The number of nitrogens with one attached hydrogen (secondary N) is 1. The van der Waals surface area contributed by atoms with E-state index in [9.17, 15) is 18.0 Å². The number of sulfonamides is 1. The Morgan fingerprint density at radius 3 is 2.17 bits per heavy atom. The monoisotopic (exact) mass is 555 g/mol. The molecule has 2 aromatic rings. The number of rotatable bonds is 10. The van der Waals surface area contributed by atoms with Gasteiger partial charge in [0.15, 0.2) is 0 Å². The Morgan fingerprint density at radius 2 is 1.64 bits per heavy atom. The van der Waals surface area contributed by atoms with Crippen LogP contribution in [0.25, 0.3) is 0 Å². The van der Waals surface area contributed by atoms with Gasteiger partial charge in [-0.2, -0.15) is 0 Å². The Kier molecular flexibility index (Phi) is 10.2. The Morgan fingerprint density at radius 1 is 1.03 bits per heavy atom. The Bertz CT molecular complexity index is 1180. The first-order chi connectivity index (χ1) is 16.6. The molecule has 2 aromatic carbocycles. The molecule has 0 spiro atoms. The van der Waals surface area contributed by atoms with Gasteiger partial charge in [-0.3, -0.25) is 13.9 Å². The van der Waals surface area contributed by atoms with Gasteiger partial charge in [-0.25, -0.2) is 8.42 Å². The van der Waals surface area contributed by atoms with Crippen molar-refractivity contribution < 1.29 is 18.0 Å². The van der Waals surface area contributed by atoms with Crippen LogP contribution in [0.5, 0.6) is 0 Å². The van der Waals surface area contributed by atoms with Crippen molar-refractivity contribution in [3.63, 3.8) is 0 Å².